The van der Waals surface area contributed by atoms with Gasteiger partial charge in [-0.05, 0) is 35.6 Å². The number of rotatable bonds is 1. The maximum Gasteiger partial charge on any atom is 0.0790 e. The Morgan fingerprint density at radius 1 is 0.905 bits per heavy atom. The fourth-order valence-corrected chi connectivity index (χ4v) is 3.02. The maximum atomic E-state index is 9.32. The van der Waals surface area contributed by atoms with Gasteiger partial charge in [-0.1, -0.05) is 42.5 Å². The third-order valence-corrected chi connectivity index (χ3v) is 4.18. The Morgan fingerprint density at radius 3 is 2.62 bits per heavy atom. The highest BCUT2D eigenvalue weighted by atomic mass is 16.3. The van der Waals surface area contributed by atoms with Gasteiger partial charge in [0.25, 0.3) is 0 Å². The van der Waals surface area contributed by atoms with Gasteiger partial charge in [0.15, 0.2) is 0 Å². The van der Waals surface area contributed by atoms with Crippen molar-refractivity contribution >= 4 is 32.6 Å². The van der Waals surface area contributed by atoms with Crippen molar-refractivity contribution in [2.45, 2.75) is 13.5 Å². The quantitative estimate of drug-likeness (QED) is 0.413. The topological polar surface area (TPSA) is 33.1 Å². The van der Waals surface area contributed by atoms with Crippen LogP contribution in [0.4, 0.5) is 0 Å². The molecule has 1 N–H and O–H groups in total. The summed E-state index contributed by atoms with van der Waals surface area (Å²) in [7, 11) is 0. The molecule has 0 aliphatic carbocycles. The maximum absolute atomic E-state index is 9.32. The number of nitrogens with zero attached hydrogens (tertiary/aromatic N) is 1. The van der Waals surface area contributed by atoms with Crippen LogP contribution in [0.25, 0.3) is 32.6 Å². The Bertz CT molecular complexity index is 989. The first-order valence-corrected chi connectivity index (χ1v) is 7.09. The minimum atomic E-state index is 0.0607. The molecule has 0 atom stereocenters. The van der Waals surface area contributed by atoms with Crippen LogP contribution in [0.2, 0.25) is 0 Å². The van der Waals surface area contributed by atoms with Crippen LogP contribution in [0.1, 0.15) is 11.1 Å². The number of aromatic nitrogens is 1. The summed E-state index contributed by atoms with van der Waals surface area (Å²) in [6.07, 6.45) is 0. The van der Waals surface area contributed by atoms with Gasteiger partial charge < -0.3 is 5.11 Å². The van der Waals surface area contributed by atoms with E-state index in [1.165, 1.54) is 21.7 Å². The molecule has 0 bridgehead atoms. The predicted molar refractivity (Wildman–Crippen MR) is 87.4 cm³/mol. The van der Waals surface area contributed by atoms with E-state index in [1.54, 1.807) is 0 Å². The van der Waals surface area contributed by atoms with Crippen LogP contribution in [0.3, 0.4) is 0 Å². The number of aliphatic hydroxyl groups is 1. The molecule has 21 heavy (non-hydrogen) atoms. The highest BCUT2D eigenvalue weighted by molar-refractivity contribution is 6.10. The third kappa shape index (κ3) is 1.80. The first-order valence-electron chi connectivity index (χ1n) is 7.09. The fraction of sp³-hybridized carbons (Fsp3) is 0.105. The molecule has 0 fully saturated rings. The molecule has 0 amide bonds. The number of aryl methyl sites for hydroxylation is 1. The summed E-state index contributed by atoms with van der Waals surface area (Å²) in [5.41, 5.74) is 4.17. The van der Waals surface area contributed by atoms with Crippen molar-refractivity contribution < 1.29 is 5.11 Å². The zero-order valence-electron chi connectivity index (χ0n) is 11.8. The average molecular weight is 273 g/mol. The molecule has 0 saturated heterocycles. The Labute approximate surface area is 122 Å². The molecular weight excluding hydrogens is 258 g/mol. The van der Waals surface area contributed by atoms with E-state index < -0.39 is 0 Å². The summed E-state index contributed by atoms with van der Waals surface area (Å²) in [5, 5.41) is 14.0. The molecule has 4 rings (SSSR count). The molecule has 0 saturated carbocycles. The smallest absolute Gasteiger partial charge is 0.0790 e. The van der Waals surface area contributed by atoms with Gasteiger partial charge in [-0.25, -0.2) is 4.98 Å². The van der Waals surface area contributed by atoms with Crippen LogP contribution in [0, 0.1) is 6.92 Å². The van der Waals surface area contributed by atoms with Crippen molar-refractivity contribution in [3.05, 3.63) is 65.7 Å². The van der Waals surface area contributed by atoms with E-state index >= 15 is 0 Å². The van der Waals surface area contributed by atoms with Crippen molar-refractivity contribution in [2.24, 2.45) is 0 Å². The number of benzene rings is 3. The number of fused-ring (bicyclic) bond motifs is 4. The lowest BCUT2D eigenvalue weighted by atomic mass is 9.99. The van der Waals surface area contributed by atoms with E-state index in [0.29, 0.717) is 0 Å². The molecule has 2 nitrogen and oxygen atoms in total. The highest BCUT2D eigenvalue weighted by Gasteiger charge is 2.09. The van der Waals surface area contributed by atoms with E-state index in [-0.39, 0.29) is 6.61 Å². The number of aliphatic hydroxyl groups excluding tert-OH is 1. The van der Waals surface area contributed by atoms with Crippen LogP contribution in [0.15, 0.2) is 54.6 Å². The first-order chi connectivity index (χ1) is 10.3. The average Bonchev–Trinajstić information content (AvgIpc) is 2.54. The van der Waals surface area contributed by atoms with Crippen LogP contribution < -0.4 is 0 Å². The first kappa shape index (κ1) is 12.3. The molecule has 3 aromatic carbocycles. The molecule has 1 heterocycles. The lowest BCUT2D eigenvalue weighted by Crippen LogP contribution is -1.91. The van der Waals surface area contributed by atoms with Gasteiger partial charge in [0.2, 0.25) is 0 Å². The van der Waals surface area contributed by atoms with Crippen LogP contribution >= 0.6 is 0 Å². The van der Waals surface area contributed by atoms with Crippen LogP contribution in [-0.4, -0.2) is 10.1 Å². The minimum Gasteiger partial charge on any atom is -0.392 e. The summed E-state index contributed by atoms with van der Waals surface area (Å²) >= 11 is 0. The molecule has 1 aromatic heterocycles. The van der Waals surface area contributed by atoms with Gasteiger partial charge in [-0.15, -0.1) is 0 Å². The largest absolute Gasteiger partial charge is 0.392 e. The summed E-state index contributed by atoms with van der Waals surface area (Å²) in [5.74, 6) is 0. The third-order valence-electron chi connectivity index (χ3n) is 4.18. The Morgan fingerprint density at radius 2 is 1.76 bits per heavy atom. The summed E-state index contributed by atoms with van der Waals surface area (Å²) < 4.78 is 0. The molecular formula is C19H15NO. The van der Waals surface area contributed by atoms with Gasteiger partial charge in [-0.2, -0.15) is 0 Å². The molecule has 0 radical (unpaired) electrons. The Kier molecular flexibility index (Phi) is 2.66. The Hall–Kier alpha value is -2.45. The zero-order chi connectivity index (χ0) is 14.4. The SMILES string of the molecule is Cc1c2cc(CO)ccc2nc2c1ccc1ccccc12. The van der Waals surface area contributed by atoms with Gasteiger partial charge in [0.05, 0.1) is 17.6 Å². The number of pyridine rings is 1. The molecule has 0 unspecified atom stereocenters. The predicted octanol–water partition coefficient (Wildman–Crippen LogP) is 4.34. The van der Waals surface area contributed by atoms with Gasteiger partial charge in [0.1, 0.15) is 0 Å². The number of hydrogen-bond acceptors (Lipinski definition) is 2. The van der Waals surface area contributed by atoms with E-state index in [1.807, 2.05) is 18.2 Å². The van der Waals surface area contributed by atoms with Crippen molar-refractivity contribution in [1.82, 2.24) is 4.98 Å². The van der Waals surface area contributed by atoms with Crippen molar-refractivity contribution in [3.63, 3.8) is 0 Å². The molecule has 4 aromatic rings. The van der Waals surface area contributed by atoms with Crippen molar-refractivity contribution in [2.75, 3.05) is 0 Å². The van der Waals surface area contributed by atoms with E-state index in [4.69, 9.17) is 4.98 Å². The van der Waals surface area contributed by atoms with Gasteiger partial charge in [0, 0.05) is 16.2 Å². The van der Waals surface area contributed by atoms with Crippen LogP contribution in [-0.2, 0) is 6.61 Å². The fourth-order valence-electron chi connectivity index (χ4n) is 3.02. The monoisotopic (exact) mass is 273 g/mol. The highest BCUT2D eigenvalue weighted by Crippen LogP contribution is 2.30. The van der Waals surface area contributed by atoms with E-state index in [2.05, 4.69) is 43.3 Å². The van der Waals surface area contributed by atoms with E-state index in [0.717, 1.165) is 22.0 Å². The van der Waals surface area contributed by atoms with Crippen LogP contribution in [0.5, 0.6) is 0 Å². The molecule has 0 aliphatic heterocycles. The van der Waals surface area contributed by atoms with Gasteiger partial charge >= 0.3 is 0 Å². The molecule has 102 valence electrons. The molecule has 0 aliphatic rings. The molecule has 0 spiro atoms. The van der Waals surface area contributed by atoms with E-state index in [9.17, 15) is 5.11 Å². The zero-order valence-corrected chi connectivity index (χ0v) is 11.8. The second-order valence-corrected chi connectivity index (χ2v) is 5.43. The number of hydrogen-bond donors (Lipinski definition) is 1. The lowest BCUT2D eigenvalue weighted by Gasteiger charge is -2.10. The van der Waals surface area contributed by atoms with Crippen molar-refractivity contribution in [3.8, 4) is 0 Å². The normalized spacial score (nSPS) is 11.5. The standard InChI is InChI=1S/C19H15NO/c1-12-15-8-7-14-4-2-3-5-16(14)19(15)20-18-9-6-13(11-21)10-17(12)18/h2-10,21H,11H2,1H3. The van der Waals surface area contributed by atoms with Gasteiger partial charge in [-0.3, -0.25) is 0 Å². The second-order valence-electron chi connectivity index (χ2n) is 5.43. The summed E-state index contributed by atoms with van der Waals surface area (Å²) in [6, 6.07) is 18.6. The molecule has 2 heteroatoms. The summed E-state index contributed by atoms with van der Waals surface area (Å²) in [6.45, 7) is 2.19. The van der Waals surface area contributed by atoms with Crippen molar-refractivity contribution in [1.29, 1.82) is 0 Å². The lowest BCUT2D eigenvalue weighted by molar-refractivity contribution is 0.282. The Balaban J connectivity index is 2.21. The second kappa shape index (κ2) is 4.54. The minimum absolute atomic E-state index is 0.0607. The summed E-state index contributed by atoms with van der Waals surface area (Å²) in [4.78, 5) is 4.86.